The van der Waals surface area contributed by atoms with Gasteiger partial charge in [-0.2, -0.15) is 0 Å². The number of carbonyl (C=O) groups excluding carboxylic acids is 1. The summed E-state index contributed by atoms with van der Waals surface area (Å²) in [5, 5.41) is 15.9. The Morgan fingerprint density at radius 1 is 1.35 bits per heavy atom. The highest BCUT2D eigenvalue weighted by atomic mass is 35.5. The minimum absolute atomic E-state index is 0.0717. The lowest BCUT2D eigenvalue weighted by molar-refractivity contribution is 0.0519. The Bertz CT molecular complexity index is 527. The SMILES string of the molecule is CC(C)C(CNC(=O)OC(C)(C)C)NCc1ccc(O)c(Cl)c1. The van der Waals surface area contributed by atoms with E-state index in [4.69, 9.17) is 16.3 Å². The molecule has 0 aliphatic heterocycles. The number of nitrogens with one attached hydrogen (secondary N) is 2. The summed E-state index contributed by atoms with van der Waals surface area (Å²) >= 11 is 5.90. The molecular formula is C17H27ClN2O3. The summed E-state index contributed by atoms with van der Waals surface area (Å²) in [5.41, 5.74) is 0.462. The van der Waals surface area contributed by atoms with Gasteiger partial charge in [0.1, 0.15) is 11.4 Å². The number of carbonyl (C=O) groups is 1. The fourth-order valence-corrected chi connectivity index (χ4v) is 2.16. The Morgan fingerprint density at radius 3 is 2.52 bits per heavy atom. The lowest BCUT2D eigenvalue weighted by Crippen LogP contribution is -2.45. The fourth-order valence-electron chi connectivity index (χ4n) is 1.96. The molecule has 0 aliphatic rings. The number of halogens is 1. The van der Waals surface area contributed by atoms with Gasteiger partial charge in [0.15, 0.2) is 0 Å². The van der Waals surface area contributed by atoms with Crippen LogP contribution in [0.2, 0.25) is 5.02 Å². The molecule has 0 aliphatic carbocycles. The van der Waals surface area contributed by atoms with Crippen LogP contribution in [0.5, 0.6) is 5.75 Å². The van der Waals surface area contributed by atoms with Crippen molar-refractivity contribution in [3.63, 3.8) is 0 Å². The van der Waals surface area contributed by atoms with Gasteiger partial charge < -0.3 is 20.5 Å². The number of benzene rings is 1. The van der Waals surface area contributed by atoms with E-state index in [1.165, 1.54) is 0 Å². The lowest BCUT2D eigenvalue weighted by Gasteiger charge is -2.25. The maximum absolute atomic E-state index is 11.7. The highest BCUT2D eigenvalue weighted by molar-refractivity contribution is 6.32. The van der Waals surface area contributed by atoms with E-state index in [1.807, 2.05) is 26.8 Å². The Morgan fingerprint density at radius 2 is 2.00 bits per heavy atom. The second-order valence-electron chi connectivity index (χ2n) is 6.90. The zero-order chi connectivity index (χ0) is 17.6. The highest BCUT2D eigenvalue weighted by Gasteiger charge is 2.18. The van der Waals surface area contributed by atoms with Gasteiger partial charge >= 0.3 is 6.09 Å². The number of hydrogen-bond acceptors (Lipinski definition) is 4. The molecule has 0 saturated carbocycles. The third-order valence-electron chi connectivity index (χ3n) is 3.25. The van der Waals surface area contributed by atoms with Crippen LogP contribution in [0.25, 0.3) is 0 Å². The normalized spacial score (nSPS) is 13.0. The molecule has 0 saturated heterocycles. The average Bonchev–Trinajstić information content (AvgIpc) is 2.40. The van der Waals surface area contributed by atoms with E-state index < -0.39 is 11.7 Å². The number of rotatable bonds is 6. The molecule has 1 atom stereocenters. The van der Waals surface area contributed by atoms with Crippen molar-refractivity contribution >= 4 is 17.7 Å². The van der Waals surface area contributed by atoms with E-state index in [9.17, 15) is 9.90 Å². The third kappa shape index (κ3) is 7.57. The van der Waals surface area contributed by atoms with Gasteiger partial charge in [-0.25, -0.2) is 4.79 Å². The predicted molar refractivity (Wildman–Crippen MR) is 92.8 cm³/mol. The molecule has 1 aromatic carbocycles. The quantitative estimate of drug-likeness (QED) is 0.737. The van der Waals surface area contributed by atoms with Crippen LogP contribution < -0.4 is 10.6 Å². The van der Waals surface area contributed by atoms with Crippen molar-refractivity contribution in [2.24, 2.45) is 5.92 Å². The van der Waals surface area contributed by atoms with Crippen LogP contribution in [-0.4, -0.2) is 29.4 Å². The maximum Gasteiger partial charge on any atom is 0.407 e. The van der Waals surface area contributed by atoms with E-state index in [0.717, 1.165) is 5.56 Å². The van der Waals surface area contributed by atoms with E-state index >= 15 is 0 Å². The maximum atomic E-state index is 11.7. The standard InChI is InChI=1S/C17H27ClN2O3/c1-11(2)14(10-20-16(22)23-17(3,4)5)19-9-12-6-7-15(21)13(18)8-12/h6-8,11,14,19,21H,9-10H2,1-5H3,(H,20,22). The van der Waals surface area contributed by atoms with Crippen molar-refractivity contribution in [1.82, 2.24) is 10.6 Å². The van der Waals surface area contributed by atoms with Crippen molar-refractivity contribution < 1.29 is 14.6 Å². The first-order valence-electron chi connectivity index (χ1n) is 7.76. The first kappa shape index (κ1) is 19.6. The zero-order valence-corrected chi connectivity index (χ0v) is 15.2. The van der Waals surface area contributed by atoms with Crippen molar-refractivity contribution in [2.45, 2.75) is 52.8 Å². The number of phenols is 1. The summed E-state index contributed by atoms with van der Waals surface area (Å²) in [6.07, 6.45) is -0.419. The van der Waals surface area contributed by atoms with Crippen LogP contribution in [0.3, 0.4) is 0 Å². The third-order valence-corrected chi connectivity index (χ3v) is 3.55. The van der Waals surface area contributed by atoms with Crippen molar-refractivity contribution in [2.75, 3.05) is 6.54 Å². The Kier molecular flexibility index (Phi) is 7.16. The molecule has 0 fully saturated rings. The van der Waals surface area contributed by atoms with Crippen molar-refractivity contribution in [3.05, 3.63) is 28.8 Å². The zero-order valence-electron chi connectivity index (χ0n) is 14.4. The Labute approximate surface area is 143 Å². The summed E-state index contributed by atoms with van der Waals surface area (Å²) in [6, 6.07) is 5.20. The van der Waals surface area contributed by atoms with Gasteiger partial charge in [0, 0.05) is 19.1 Å². The molecule has 0 radical (unpaired) electrons. The summed E-state index contributed by atoms with van der Waals surface area (Å²) < 4.78 is 5.24. The van der Waals surface area contributed by atoms with Crippen LogP contribution >= 0.6 is 11.6 Å². The number of alkyl carbamates (subject to hydrolysis) is 1. The molecule has 0 bridgehead atoms. The molecule has 1 aromatic rings. The Balaban J connectivity index is 2.52. The summed E-state index contributed by atoms with van der Waals surface area (Å²) in [7, 11) is 0. The molecule has 23 heavy (non-hydrogen) atoms. The van der Waals surface area contributed by atoms with E-state index in [-0.39, 0.29) is 11.8 Å². The first-order chi connectivity index (χ1) is 10.6. The molecule has 5 nitrogen and oxygen atoms in total. The predicted octanol–water partition coefficient (Wildman–Crippen LogP) is 3.68. The second-order valence-corrected chi connectivity index (χ2v) is 7.31. The van der Waals surface area contributed by atoms with Crippen LogP contribution in [-0.2, 0) is 11.3 Å². The van der Waals surface area contributed by atoms with Gasteiger partial charge in [-0.05, 0) is 44.4 Å². The Hall–Kier alpha value is -1.46. The second kappa shape index (κ2) is 8.41. The van der Waals surface area contributed by atoms with Gasteiger partial charge in [-0.1, -0.05) is 31.5 Å². The van der Waals surface area contributed by atoms with Gasteiger partial charge in [0.25, 0.3) is 0 Å². The van der Waals surface area contributed by atoms with Gasteiger partial charge in [-0.15, -0.1) is 0 Å². The fraction of sp³-hybridized carbons (Fsp3) is 0.588. The number of aromatic hydroxyl groups is 1. The largest absolute Gasteiger partial charge is 0.506 e. The molecule has 3 N–H and O–H groups in total. The number of hydrogen-bond donors (Lipinski definition) is 3. The van der Waals surface area contributed by atoms with E-state index in [1.54, 1.807) is 12.1 Å². The molecule has 130 valence electrons. The van der Waals surface area contributed by atoms with Crippen LogP contribution in [0.1, 0.15) is 40.2 Å². The van der Waals surface area contributed by atoms with E-state index in [0.29, 0.717) is 24.0 Å². The van der Waals surface area contributed by atoms with Crippen LogP contribution in [0.4, 0.5) is 4.79 Å². The van der Waals surface area contributed by atoms with Crippen molar-refractivity contribution in [3.8, 4) is 5.75 Å². The number of ether oxygens (including phenoxy) is 1. The van der Waals surface area contributed by atoms with Gasteiger partial charge in [0.05, 0.1) is 5.02 Å². The minimum atomic E-state index is -0.506. The van der Waals surface area contributed by atoms with Crippen molar-refractivity contribution in [1.29, 1.82) is 0 Å². The lowest BCUT2D eigenvalue weighted by atomic mass is 10.0. The highest BCUT2D eigenvalue weighted by Crippen LogP contribution is 2.23. The summed E-state index contributed by atoms with van der Waals surface area (Å²) in [5.74, 6) is 0.403. The molecule has 0 spiro atoms. The molecule has 0 heterocycles. The summed E-state index contributed by atoms with van der Waals surface area (Å²) in [4.78, 5) is 11.7. The van der Waals surface area contributed by atoms with Gasteiger partial charge in [-0.3, -0.25) is 0 Å². The van der Waals surface area contributed by atoms with E-state index in [2.05, 4.69) is 24.5 Å². The molecule has 1 amide bonds. The molecule has 1 rings (SSSR count). The van der Waals surface area contributed by atoms with Crippen LogP contribution in [0.15, 0.2) is 18.2 Å². The summed E-state index contributed by atoms with van der Waals surface area (Å²) in [6.45, 7) is 10.7. The molecule has 1 unspecified atom stereocenters. The topological polar surface area (TPSA) is 70.6 Å². The van der Waals surface area contributed by atoms with Crippen LogP contribution in [0, 0.1) is 5.92 Å². The smallest absolute Gasteiger partial charge is 0.407 e. The van der Waals surface area contributed by atoms with Gasteiger partial charge in [0.2, 0.25) is 0 Å². The minimum Gasteiger partial charge on any atom is -0.506 e. The molecule has 0 aromatic heterocycles. The number of amides is 1. The molecule has 6 heteroatoms. The number of phenolic OH excluding ortho intramolecular Hbond substituents is 1. The average molecular weight is 343 g/mol. The molecular weight excluding hydrogens is 316 g/mol. The monoisotopic (exact) mass is 342 g/mol. The first-order valence-corrected chi connectivity index (χ1v) is 8.14.